The van der Waals surface area contributed by atoms with E-state index >= 15 is 0 Å². The number of hydrogen-bond donors (Lipinski definition) is 1. The Morgan fingerprint density at radius 2 is 2.30 bits per heavy atom. The molecule has 0 bridgehead atoms. The zero-order valence-electron chi connectivity index (χ0n) is 11.8. The summed E-state index contributed by atoms with van der Waals surface area (Å²) < 4.78 is 3.78. The highest BCUT2D eigenvalue weighted by Gasteiger charge is 2.01. The summed E-state index contributed by atoms with van der Waals surface area (Å²) in [7, 11) is 1.91. The minimum absolute atomic E-state index is 0.122. The Morgan fingerprint density at radius 1 is 1.40 bits per heavy atom. The fourth-order valence-corrected chi connectivity index (χ4v) is 2.05. The molecule has 6 nitrogen and oxygen atoms in total. The number of hydrogen-bond acceptors (Lipinski definition) is 3. The molecule has 0 atom stereocenters. The lowest BCUT2D eigenvalue weighted by Gasteiger charge is -2.05. The Balaban J connectivity index is 1.51. The number of imidazole rings is 1. The second kappa shape index (κ2) is 7.47. The average molecular weight is 275 g/mol. The molecule has 0 radical (unpaired) electrons. The van der Waals surface area contributed by atoms with Crippen LogP contribution >= 0.6 is 0 Å². The number of amides is 1. The number of rotatable bonds is 8. The molecule has 0 unspecified atom stereocenters. The Hall–Kier alpha value is -2.11. The molecular weight excluding hydrogens is 254 g/mol. The van der Waals surface area contributed by atoms with Crippen LogP contribution in [0.1, 0.15) is 24.8 Å². The number of nitrogens with one attached hydrogen (secondary N) is 1. The minimum Gasteiger partial charge on any atom is -0.356 e. The van der Waals surface area contributed by atoms with Crippen molar-refractivity contribution in [3.05, 3.63) is 36.7 Å². The predicted octanol–water partition coefficient (Wildman–Crippen LogP) is 1.15. The normalized spacial score (nSPS) is 10.7. The van der Waals surface area contributed by atoms with Crippen molar-refractivity contribution >= 4 is 5.91 Å². The van der Waals surface area contributed by atoms with Crippen molar-refractivity contribution in [1.82, 2.24) is 24.6 Å². The molecule has 6 heteroatoms. The van der Waals surface area contributed by atoms with Gasteiger partial charge in [-0.3, -0.25) is 9.48 Å². The first-order valence-corrected chi connectivity index (χ1v) is 6.94. The zero-order valence-corrected chi connectivity index (χ0v) is 11.8. The summed E-state index contributed by atoms with van der Waals surface area (Å²) in [6, 6.07) is 0. The van der Waals surface area contributed by atoms with Crippen LogP contribution in [-0.4, -0.2) is 31.8 Å². The Labute approximate surface area is 118 Å². The van der Waals surface area contributed by atoms with Gasteiger partial charge in [-0.05, 0) is 24.8 Å². The van der Waals surface area contributed by atoms with Gasteiger partial charge in [0, 0.05) is 45.1 Å². The summed E-state index contributed by atoms with van der Waals surface area (Å²) in [5.74, 6) is 0.122. The van der Waals surface area contributed by atoms with Crippen molar-refractivity contribution in [3.63, 3.8) is 0 Å². The smallest absolute Gasteiger partial charge is 0.220 e. The van der Waals surface area contributed by atoms with Crippen molar-refractivity contribution in [2.75, 3.05) is 6.54 Å². The zero-order chi connectivity index (χ0) is 14.2. The summed E-state index contributed by atoms with van der Waals surface area (Å²) in [5, 5.41) is 7.07. The van der Waals surface area contributed by atoms with E-state index in [4.69, 9.17) is 0 Å². The molecule has 2 heterocycles. The fraction of sp³-hybridized carbons (Fsp3) is 0.500. The standard InChI is InChI=1S/C14H21N5O/c1-18-11-13(10-17-18)4-2-6-16-14(20)5-3-8-19-9-7-15-12-19/h7,9-12H,2-6,8H2,1H3,(H,16,20). The quantitative estimate of drug-likeness (QED) is 0.735. The molecular formula is C14H21N5O. The van der Waals surface area contributed by atoms with Crippen LogP contribution in [-0.2, 0) is 24.8 Å². The van der Waals surface area contributed by atoms with E-state index in [1.165, 1.54) is 5.56 Å². The molecule has 2 rings (SSSR count). The maximum Gasteiger partial charge on any atom is 0.220 e. The van der Waals surface area contributed by atoms with Crippen molar-refractivity contribution in [2.45, 2.75) is 32.2 Å². The van der Waals surface area contributed by atoms with Crippen LogP contribution in [0.3, 0.4) is 0 Å². The minimum atomic E-state index is 0.122. The van der Waals surface area contributed by atoms with E-state index in [0.717, 1.165) is 32.4 Å². The van der Waals surface area contributed by atoms with E-state index < -0.39 is 0 Å². The van der Waals surface area contributed by atoms with Crippen molar-refractivity contribution < 1.29 is 4.79 Å². The van der Waals surface area contributed by atoms with Crippen molar-refractivity contribution in [2.24, 2.45) is 7.05 Å². The highest BCUT2D eigenvalue weighted by Crippen LogP contribution is 2.00. The van der Waals surface area contributed by atoms with Gasteiger partial charge in [0.1, 0.15) is 0 Å². The molecule has 0 fully saturated rings. The number of nitrogens with zero attached hydrogens (tertiary/aromatic N) is 4. The SMILES string of the molecule is Cn1cc(CCCNC(=O)CCCn2ccnc2)cn1. The van der Waals surface area contributed by atoms with Gasteiger partial charge in [0.2, 0.25) is 5.91 Å². The molecule has 0 saturated carbocycles. The second-order valence-corrected chi connectivity index (χ2v) is 4.88. The van der Waals surface area contributed by atoms with Gasteiger partial charge in [-0.15, -0.1) is 0 Å². The van der Waals surface area contributed by atoms with E-state index in [1.807, 2.05) is 30.2 Å². The number of aryl methyl sites for hydroxylation is 3. The van der Waals surface area contributed by atoms with Crippen LogP contribution in [0.15, 0.2) is 31.1 Å². The van der Waals surface area contributed by atoms with Crippen molar-refractivity contribution in [3.8, 4) is 0 Å². The lowest BCUT2D eigenvalue weighted by atomic mass is 10.2. The summed E-state index contributed by atoms with van der Waals surface area (Å²) in [5.41, 5.74) is 1.21. The molecule has 0 aliphatic rings. The summed E-state index contributed by atoms with van der Waals surface area (Å²) in [4.78, 5) is 15.6. The van der Waals surface area contributed by atoms with Gasteiger partial charge in [-0.1, -0.05) is 0 Å². The van der Waals surface area contributed by atoms with Gasteiger partial charge in [0.05, 0.1) is 12.5 Å². The Kier molecular flexibility index (Phi) is 5.34. The fourth-order valence-electron chi connectivity index (χ4n) is 2.05. The van der Waals surface area contributed by atoms with Crippen LogP contribution in [0.5, 0.6) is 0 Å². The first kappa shape index (κ1) is 14.3. The number of carbonyl (C=O) groups is 1. The third-order valence-corrected chi connectivity index (χ3v) is 3.10. The monoisotopic (exact) mass is 275 g/mol. The van der Waals surface area contributed by atoms with Crippen LogP contribution in [0.2, 0.25) is 0 Å². The number of carbonyl (C=O) groups excluding carboxylic acids is 1. The molecule has 1 amide bonds. The van der Waals surface area contributed by atoms with Gasteiger partial charge >= 0.3 is 0 Å². The van der Waals surface area contributed by atoms with E-state index in [1.54, 1.807) is 17.2 Å². The van der Waals surface area contributed by atoms with E-state index in [0.29, 0.717) is 6.42 Å². The van der Waals surface area contributed by atoms with Gasteiger partial charge in [-0.25, -0.2) is 4.98 Å². The van der Waals surface area contributed by atoms with Crippen LogP contribution < -0.4 is 5.32 Å². The van der Waals surface area contributed by atoms with E-state index in [9.17, 15) is 4.79 Å². The van der Waals surface area contributed by atoms with Crippen molar-refractivity contribution in [1.29, 1.82) is 0 Å². The topological polar surface area (TPSA) is 64.7 Å². The molecule has 0 aliphatic heterocycles. The Morgan fingerprint density at radius 3 is 3.00 bits per heavy atom. The van der Waals surface area contributed by atoms with E-state index in [2.05, 4.69) is 15.4 Å². The van der Waals surface area contributed by atoms with Gasteiger partial charge in [-0.2, -0.15) is 5.10 Å². The maximum atomic E-state index is 11.6. The van der Waals surface area contributed by atoms with Gasteiger partial charge in [0.15, 0.2) is 0 Å². The third kappa shape index (κ3) is 4.87. The first-order valence-electron chi connectivity index (χ1n) is 6.94. The average Bonchev–Trinajstić information content (AvgIpc) is 3.06. The second-order valence-electron chi connectivity index (χ2n) is 4.88. The lowest BCUT2D eigenvalue weighted by Crippen LogP contribution is -2.24. The predicted molar refractivity (Wildman–Crippen MR) is 76.0 cm³/mol. The highest BCUT2D eigenvalue weighted by molar-refractivity contribution is 5.75. The summed E-state index contributed by atoms with van der Waals surface area (Å²) in [6.07, 6.45) is 12.6. The number of aromatic nitrogens is 4. The molecule has 0 aliphatic carbocycles. The molecule has 1 N–H and O–H groups in total. The summed E-state index contributed by atoms with van der Waals surface area (Å²) >= 11 is 0. The van der Waals surface area contributed by atoms with Crippen LogP contribution in [0.4, 0.5) is 0 Å². The first-order chi connectivity index (χ1) is 9.74. The molecule has 2 aromatic heterocycles. The molecule has 108 valence electrons. The maximum absolute atomic E-state index is 11.6. The largest absolute Gasteiger partial charge is 0.356 e. The summed E-state index contributed by atoms with van der Waals surface area (Å²) in [6.45, 7) is 1.56. The Bertz CT molecular complexity index is 517. The molecule has 0 aromatic carbocycles. The highest BCUT2D eigenvalue weighted by atomic mass is 16.1. The third-order valence-electron chi connectivity index (χ3n) is 3.10. The molecule has 0 spiro atoms. The molecule has 20 heavy (non-hydrogen) atoms. The lowest BCUT2D eigenvalue weighted by molar-refractivity contribution is -0.121. The molecule has 2 aromatic rings. The van der Waals surface area contributed by atoms with Crippen LogP contribution in [0, 0.1) is 0 Å². The molecule has 0 saturated heterocycles. The van der Waals surface area contributed by atoms with E-state index in [-0.39, 0.29) is 5.91 Å². The van der Waals surface area contributed by atoms with Crippen LogP contribution in [0.25, 0.3) is 0 Å². The van der Waals surface area contributed by atoms with Gasteiger partial charge in [0.25, 0.3) is 0 Å². The van der Waals surface area contributed by atoms with Gasteiger partial charge < -0.3 is 9.88 Å².